The van der Waals surface area contributed by atoms with Crippen LogP contribution in [-0.4, -0.2) is 45.3 Å². The molecular weight excluding hydrogens is 441 g/mol. The monoisotopic (exact) mass is 469 g/mol. The number of hydrogen-bond acceptors (Lipinski definition) is 3. The number of rotatable bonds is 8. The number of methoxy groups -OCH3 is 1. The van der Waals surface area contributed by atoms with E-state index < -0.39 is 0 Å². The lowest BCUT2D eigenvalue weighted by Crippen LogP contribution is -2.38. The number of benzene rings is 2. The number of guanidine groups is 1. The number of ether oxygens (including phenoxy) is 2. The molecule has 0 heterocycles. The molecular formula is C20H28IN3O2. The zero-order valence-electron chi connectivity index (χ0n) is 15.6. The number of halogens is 1. The van der Waals surface area contributed by atoms with Gasteiger partial charge in [0, 0.05) is 34.3 Å². The van der Waals surface area contributed by atoms with Crippen LogP contribution >= 0.6 is 24.0 Å². The van der Waals surface area contributed by atoms with Gasteiger partial charge in [-0.25, -0.2) is 0 Å². The predicted molar refractivity (Wildman–Crippen MR) is 117 cm³/mol. The van der Waals surface area contributed by atoms with Gasteiger partial charge in [-0.05, 0) is 23.3 Å². The minimum atomic E-state index is 0. The largest absolute Gasteiger partial charge is 0.491 e. The van der Waals surface area contributed by atoms with Gasteiger partial charge in [-0.15, -0.1) is 24.0 Å². The molecule has 0 aliphatic heterocycles. The van der Waals surface area contributed by atoms with Gasteiger partial charge in [-0.1, -0.05) is 42.5 Å². The Balaban J connectivity index is 0.00000338. The number of hydrogen-bond donors (Lipinski definition) is 1. The van der Waals surface area contributed by atoms with Crippen molar-refractivity contribution in [3.8, 4) is 5.75 Å². The standard InChI is InChI=1S/C20H27N3O2.HI/c1-21-20(23(2)16-18-7-5-4-6-8-18)22-15-17-9-11-19(12-10-17)25-14-13-24-3;/h4-12H,13-16H2,1-3H3,(H,21,22);1H. The Kier molecular flexibility index (Phi) is 10.7. The smallest absolute Gasteiger partial charge is 0.193 e. The van der Waals surface area contributed by atoms with Crippen molar-refractivity contribution in [1.82, 2.24) is 10.2 Å². The molecule has 2 aromatic carbocycles. The summed E-state index contributed by atoms with van der Waals surface area (Å²) in [6.07, 6.45) is 0. The average Bonchev–Trinajstić information content (AvgIpc) is 2.64. The Labute approximate surface area is 173 Å². The third kappa shape index (κ3) is 7.61. The summed E-state index contributed by atoms with van der Waals surface area (Å²) in [7, 11) is 5.51. The molecule has 0 amide bonds. The molecule has 2 rings (SSSR count). The Morgan fingerprint density at radius 1 is 1.00 bits per heavy atom. The molecule has 0 aromatic heterocycles. The average molecular weight is 469 g/mol. The highest BCUT2D eigenvalue weighted by Crippen LogP contribution is 2.12. The first-order valence-corrected chi connectivity index (χ1v) is 8.39. The molecule has 0 saturated heterocycles. The fourth-order valence-corrected chi connectivity index (χ4v) is 2.44. The molecule has 0 atom stereocenters. The molecule has 0 fully saturated rings. The second kappa shape index (κ2) is 12.5. The van der Waals surface area contributed by atoms with Gasteiger partial charge in [-0.3, -0.25) is 4.99 Å². The van der Waals surface area contributed by atoms with Crippen molar-refractivity contribution in [3.05, 3.63) is 65.7 Å². The summed E-state index contributed by atoms with van der Waals surface area (Å²) in [6.45, 7) is 2.68. The first-order chi connectivity index (χ1) is 12.2. The third-order valence-corrected chi connectivity index (χ3v) is 3.77. The lowest BCUT2D eigenvalue weighted by molar-refractivity contribution is 0.146. The maximum Gasteiger partial charge on any atom is 0.193 e. The van der Waals surface area contributed by atoms with Gasteiger partial charge in [0.15, 0.2) is 5.96 Å². The molecule has 26 heavy (non-hydrogen) atoms. The molecule has 5 nitrogen and oxygen atoms in total. The Hall–Kier alpha value is -1.80. The topological polar surface area (TPSA) is 46.1 Å². The van der Waals surface area contributed by atoms with E-state index in [1.165, 1.54) is 11.1 Å². The minimum Gasteiger partial charge on any atom is -0.491 e. The summed E-state index contributed by atoms with van der Waals surface area (Å²) in [6, 6.07) is 18.4. The van der Waals surface area contributed by atoms with Gasteiger partial charge < -0.3 is 19.7 Å². The van der Waals surface area contributed by atoms with Crippen LogP contribution in [0.3, 0.4) is 0 Å². The summed E-state index contributed by atoms with van der Waals surface area (Å²) in [5.74, 6) is 1.72. The fourth-order valence-electron chi connectivity index (χ4n) is 2.44. The predicted octanol–water partition coefficient (Wildman–Crippen LogP) is 3.54. The van der Waals surface area contributed by atoms with Crippen LogP contribution in [-0.2, 0) is 17.8 Å². The Bertz CT molecular complexity index is 648. The lowest BCUT2D eigenvalue weighted by atomic mass is 10.2. The Morgan fingerprint density at radius 3 is 2.31 bits per heavy atom. The van der Waals surface area contributed by atoms with Crippen molar-refractivity contribution >= 4 is 29.9 Å². The van der Waals surface area contributed by atoms with Crippen LogP contribution in [0.15, 0.2) is 59.6 Å². The van der Waals surface area contributed by atoms with Gasteiger partial charge in [0.1, 0.15) is 12.4 Å². The molecule has 2 aromatic rings. The van der Waals surface area contributed by atoms with Gasteiger partial charge in [0.2, 0.25) is 0 Å². The molecule has 0 aliphatic carbocycles. The highest BCUT2D eigenvalue weighted by atomic mass is 127. The quantitative estimate of drug-likeness (QED) is 0.278. The Morgan fingerprint density at radius 2 is 1.69 bits per heavy atom. The SMILES string of the molecule is CN=C(NCc1ccc(OCCOC)cc1)N(C)Cc1ccccc1.I. The third-order valence-electron chi connectivity index (χ3n) is 3.77. The van der Waals surface area contributed by atoms with Crippen LogP contribution < -0.4 is 10.1 Å². The first-order valence-electron chi connectivity index (χ1n) is 8.39. The minimum absolute atomic E-state index is 0. The molecule has 0 bridgehead atoms. The van der Waals surface area contributed by atoms with Crippen molar-refractivity contribution in [2.24, 2.45) is 4.99 Å². The summed E-state index contributed by atoms with van der Waals surface area (Å²) in [5, 5.41) is 3.39. The van der Waals surface area contributed by atoms with E-state index >= 15 is 0 Å². The second-order valence-corrected chi connectivity index (χ2v) is 5.73. The van der Waals surface area contributed by atoms with Crippen molar-refractivity contribution in [3.63, 3.8) is 0 Å². The fraction of sp³-hybridized carbons (Fsp3) is 0.350. The van der Waals surface area contributed by atoms with E-state index in [4.69, 9.17) is 9.47 Å². The van der Waals surface area contributed by atoms with Crippen LogP contribution in [0.4, 0.5) is 0 Å². The molecule has 6 heteroatoms. The van der Waals surface area contributed by atoms with E-state index in [1.807, 2.05) is 25.2 Å². The molecule has 0 saturated carbocycles. The summed E-state index contributed by atoms with van der Waals surface area (Å²) in [4.78, 5) is 6.47. The number of aliphatic imine (C=N–C) groups is 1. The highest BCUT2D eigenvalue weighted by molar-refractivity contribution is 14.0. The zero-order valence-corrected chi connectivity index (χ0v) is 18.0. The molecule has 0 radical (unpaired) electrons. The van der Waals surface area contributed by atoms with Crippen LogP contribution in [0.5, 0.6) is 5.75 Å². The highest BCUT2D eigenvalue weighted by Gasteiger charge is 2.06. The van der Waals surface area contributed by atoms with E-state index in [0.29, 0.717) is 19.8 Å². The summed E-state index contributed by atoms with van der Waals surface area (Å²) >= 11 is 0. The van der Waals surface area contributed by atoms with Gasteiger partial charge in [-0.2, -0.15) is 0 Å². The van der Waals surface area contributed by atoms with Crippen molar-refractivity contribution in [2.45, 2.75) is 13.1 Å². The van der Waals surface area contributed by atoms with Crippen LogP contribution in [0.1, 0.15) is 11.1 Å². The van der Waals surface area contributed by atoms with Crippen molar-refractivity contribution in [1.29, 1.82) is 0 Å². The second-order valence-electron chi connectivity index (χ2n) is 5.73. The molecule has 142 valence electrons. The van der Waals surface area contributed by atoms with Crippen LogP contribution in [0, 0.1) is 0 Å². The molecule has 0 unspecified atom stereocenters. The zero-order chi connectivity index (χ0) is 17.9. The number of nitrogens with zero attached hydrogens (tertiary/aromatic N) is 2. The van der Waals surface area contributed by atoms with E-state index in [9.17, 15) is 0 Å². The van der Waals surface area contributed by atoms with Gasteiger partial charge >= 0.3 is 0 Å². The van der Waals surface area contributed by atoms with E-state index in [-0.39, 0.29) is 24.0 Å². The van der Waals surface area contributed by atoms with Crippen LogP contribution in [0.2, 0.25) is 0 Å². The lowest BCUT2D eigenvalue weighted by Gasteiger charge is -2.22. The summed E-state index contributed by atoms with van der Waals surface area (Å²) in [5.41, 5.74) is 2.43. The van der Waals surface area contributed by atoms with E-state index in [0.717, 1.165) is 18.3 Å². The van der Waals surface area contributed by atoms with Crippen molar-refractivity contribution in [2.75, 3.05) is 34.4 Å². The van der Waals surface area contributed by atoms with Gasteiger partial charge in [0.25, 0.3) is 0 Å². The first kappa shape index (κ1) is 22.2. The maximum atomic E-state index is 5.58. The number of nitrogens with one attached hydrogen (secondary N) is 1. The van der Waals surface area contributed by atoms with Gasteiger partial charge in [0.05, 0.1) is 6.61 Å². The van der Waals surface area contributed by atoms with E-state index in [1.54, 1.807) is 14.2 Å². The molecule has 1 N–H and O–H groups in total. The molecule has 0 aliphatic rings. The summed E-state index contributed by atoms with van der Waals surface area (Å²) < 4.78 is 10.6. The molecule has 0 spiro atoms. The van der Waals surface area contributed by atoms with Crippen molar-refractivity contribution < 1.29 is 9.47 Å². The van der Waals surface area contributed by atoms with E-state index in [2.05, 4.69) is 51.6 Å². The maximum absolute atomic E-state index is 5.58. The normalized spacial score (nSPS) is 10.8. The van der Waals surface area contributed by atoms with Crippen LogP contribution in [0.25, 0.3) is 0 Å².